The van der Waals surface area contributed by atoms with Crippen molar-refractivity contribution in [1.82, 2.24) is 10.3 Å². The molecular weight excluding hydrogens is 216 g/mol. The predicted octanol–water partition coefficient (Wildman–Crippen LogP) is 2.03. The SMILES string of the molecule is c1cc(CNCc2ccc3c(c2)OCO3)c[nH]1. The van der Waals surface area contributed by atoms with Crippen LogP contribution in [0.4, 0.5) is 0 Å². The summed E-state index contributed by atoms with van der Waals surface area (Å²) in [6, 6.07) is 8.09. The Kier molecular flexibility index (Phi) is 2.71. The van der Waals surface area contributed by atoms with E-state index >= 15 is 0 Å². The number of aromatic amines is 1. The fourth-order valence-electron chi connectivity index (χ4n) is 1.87. The summed E-state index contributed by atoms with van der Waals surface area (Å²) < 4.78 is 10.6. The van der Waals surface area contributed by atoms with Gasteiger partial charge in [-0.25, -0.2) is 0 Å². The molecule has 1 aromatic heterocycles. The highest BCUT2D eigenvalue weighted by Gasteiger charge is 2.12. The maximum atomic E-state index is 5.34. The van der Waals surface area contributed by atoms with Gasteiger partial charge in [-0.1, -0.05) is 6.07 Å². The van der Waals surface area contributed by atoms with Crippen molar-refractivity contribution in [1.29, 1.82) is 0 Å². The molecule has 0 radical (unpaired) electrons. The fourth-order valence-corrected chi connectivity index (χ4v) is 1.87. The first-order chi connectivity index (χ1) is 8.42. The number of hydrogen-bond donors (Lipinski definition) is 2. The molecule has 3 rings (SSSR count). The van der Waals surface area contributed by atoms with E-state index in [2.05, 4.69) is 22.4 Å². The quantitative estimate of drug-likeness (QED) is 0.844. The molecule has 0 atom stereocenters. The Morgan fingerprint density at radius 1 is 1.06 bits per heavy atom. The highest BCUT2D eigenvalue weighted by atomic mass is 16.7. The van der Waals surface area contributed by atoms with E-state index in [0.717, 1.165) is 24.6 Å². The van der Waals surface area contributed by atoms with E-state index in [1.165, 1.54) is 11.1 Å². The molecule has 1 aromatic carbocycles. The minimum Gasteiger partial charge on any atom is -0.454 e. The van der Waals surface area contributed by atoms with Gasteiger partial charge in [0, 0.05) is 25.5 Å². The molecule has 0 spiro atoms. The monoisotopic (exact) mass is 230 g/mol. The Balaban J connectivity index is 1.58. The molecule has 0 saturated carbocycles. The van der Waals surface area contributed by atoms with Crippen LogP contribution in [0, 0.1) is 0 Å². The van der Waals surface area contributed by atoms with Crippen LogP contribution < -0.4 is 14.8 Å². The molecule has 1 aliphatic heterocycles. The predicted molar refractivity (Wildman–Crippen MR) is 63.9 cm³/mol. The summed E-state index contributed by atoms with van der Waals surface area (Å²) in [5, 5.41) is 3.38. The van der Waals surface area contributed by atoms with Crippen LogP contribution in [-0.2, 0) is 13.1 Å². The van der Waals surface area contributed by atoms with Crippen LogP contribution >= 0.6 is 0 Å². The lowest BCUT2D eigenvalue weighted by Gasteiger charge is -2.04. The minimum atomic E-state index is 0.329. The van der Waals surface area contributed by atoms with Crippen molar-refractivity contribution in [3.63, 3.8) is 0 Å². The van der Waals surface area contributed by atoms with Crippen molar-refractivity contribution in [2.24, 2.45) is 0 Å². The van der Waals surface area contributed by atoms with Crippen LogP contribution in [-0.4, -0.2) is 11.8 Å². The molecule has 2 heterocycles. The molecule has 17 heavy (non-hydrogen) atoms. The summed E-state index contributed by atoms with van der Waals surface area (Å²) >= 11 is 0. The summed E-state index contributed by atoms with van der Waals surface area (Å²) in [6.45, 7) is 2.01. The van der Waals surface area contributed by atoms with Gasteiger partial charge >= 0.3 is 0 Å². The maximum Gasteiger partial charge on any atom is 0.231 e. The Hall–Kier alpha value is -1.94. The van der Waals surface area contributed by atoms with Gasteiger partial charge in [0.2, 0.25) is 6.79 Å². The molecule has 1 aliphatic rings. The number of ether oxygens (including phenoxy) is 2. The fraction of sp³-hybridized carbons (Fsp3) is 0.231. The van der Waals surface area contributed by atoms with Crippen molar-refractivity contribution in [2.45, 2.75) is 13.1 Å². The van der Waals surface area contributed by atoms with Gasteiger partial charge in [0.25, 0.3) is 0 Å². The number of fused-ring (bicyclic) bond motifs is 1. The van der Waals surface area contributed by atoms with Crippen LogP contribution in [0.25, 0.3) is 0 Å². The molecule has 0 amide bonds. The number of rotatable bonds is 4. The van der Waals surface area contributed by atoms with E-state index in [1.807, 2.05) is 24.5 Å². The Morgan fingerprint density at radius 3 is 2.82 bits per heavy atom. The topological polar surface area (TPSA) is 46.3 Å². The highest BCUT2D eigenvalue weighted by Crippen LogP contribution is 2.32. The van der Waals surface area contributed by atoms with Crippen molar-refractivity contribution in [3.05, 3.63) is 47.8 Å². The maximum absolute atomic E-state index is 5.34. The zero-order valence-corrected chi connectivity index (χ0v) is 9.40. The van der Waals surface area contributed by atoms with E-state index in [-0.39, 0.29) is 0 Å². The lowest BCUT2D eigenvalue weighted by molar-refractivity contribution is 0.174. The molecule has 0 saturated heterocycles. The van der Waals surface area contributed by atoms with E-state index < -0.39 is 0 Å². The summed E-state index contributed by atoms with van der Waals surface area (Å²) in [5.41, 5.74) is 2.45. The molecule has 2 N–H and O–H groups in total. The smallest absolute Gasteiger partial charge is 0.231 e. The average Bonchev–Trinajstić information content (AvgIpc) is 2.98. The summed E-state index contributed by atoms with van der Waals surface area (Å²) in [7, 11) is 0. The number of aromatic nitrogens is 1. The van der Waals surface area contributed by atoms with Gasteiger partial charge in [0.1, 0.15) is 0 Å². The van der Waals surface area contributed by atoms with Gasteiger partial charge in [0.05, 0.1) is 0 Å². The van der Waals surface area contributed by atoms with Gasteiger partial charge in [-0.2, -0.15) is 0 Å². The van der Waals surface area contributed by atoms with E-state index in [4.69, 9.17) is 9.47 Å². The van der Waals surface area contributed by atoms with Crippen LogP contribution in [0.3, 0.4) is 0 Å². The van der Waals surface area contributed by atoms with E-state index in [0.29, 0.717) is 6.79 Å². The first kappa shape index (κ1) is 10.2. The molecule has 0 bridgehead atoms. The lowest BCUT2D eigenvalue weighted by atomic mass is 10.2. The van der Waals surface area contributed by atoms with Crippen LogP contribution in [0.2, 0.25) is 0 Å². The number of H-pyrrole nitrogens is 1. The molecule has 2 aromatic rings. The van der Waals surface area contributed by atoms with Crippen LogP contribution in [0.15, 0.2) is 36.7 Å². The molecule has 0 fully saturated rings. The molecule has 88 valence electrons. The van der Waals surface area contributed by atoms with Gasteiger partial charge in [-0.05, 0) is 29.3 Å². The van der Waals surface area contributed by atoms with Crippen LogP contribution in [0.1, 0.15) is 11.1 Å². The summed E-state index contributed by atoms with van der Waals surface area (Å²) in [6.07, 6.45) is 3.92. The normalized spacial score (nSPS) is 12.9. The second-order valence-corrected chi connectivity index (χ2v) is 4.01. The van der Waals surface area contributed by atoms with Crippen molar-refractivity contribution in [3.8, 4) is 11.5 Å². The number of benzene rings is 1. The third-order valence-electron chi connectivity index (χ3n) is 2.76. The molecule has 0 unspecified atom stereocenters. The standard InChI is InChI=1S/C13H14N2O2/c1-2-12-13(17-9-16-12)5-10(1)6-15-8-11-3-4-14-7-11/h1-5,7,14-15H,6,8-9H2. The Morgan fingerprint density at radius 2 is 1.94 bits per heavy atom. The zero-order chi connectivity index (χ0) is 11.5. The van der Waals surface area contributed by atoms with Gasteiger partial charge in [-0.3, -0.25) is 0 Å². The third-order valence-corrected chi connectivity index (χ3v) is 2.76. The van der Waals surface area contributed by atoms with Crippen molar-refractivity contribution < 1.29 is 9.47 Å². The zero-order valence-electron chi connectivity index (χ0n) is 9.40. The van der Waals surface area contributed by atoms with Gasteiger partial charge in [0.15, 0.2) is 11.5 Å². The Labute approximate surface area is 99.6 Å². The first-order valence-electron chi connectivity index (χ1n) is 5.63. The second-order valence-electron chi connectivity index (χ2n) is 4.01. The molecule has 4 nitrogen and oxygen atoms in total. The number of nitrogens with one attached hydrogen (secondary N) is 2. The minimum absolute atomic E-state index is 0.329. The van der Waals surface area contributed by atoms with Gasteiger partial charge < -0.3 is 19.8 Å². The third kappa shape index (κ3) is 2.26. The molecule has 4 heteroatoms. The number of hydrogen-bond acceptors (Lipinski definition) is 3. The van der Waals surface area contributed by atoms with Gasteiger partial charge in [-0.15, -0.1) is 0 Å². The highest BCUT2D eigenvalue weighted by molar-refractivity contribution is 5.44. The van der Waals surface area contributed by atoms with E-state index in [9.17, 15) is 0 Å². The summed E-state index contributed by atoms with van der Waals surface area (Å²) in [4.78, 5) is 3.04. The first-order valence-corrected chi connectivity index (χ1v) is 5.63. The lowest BCUT2D eigenvalue weighted by Crippen LogP contribution is -2.11. The average molecular weight is 230 g/mol. The largest absolute Gasteiger partial charge is 0.454 e. The van der Waals surface area contributed by atoms with Crippen molar-refractivity contribution in [2.75, 3.05) is 6.79 Å². The Bertz CT molecular complexity index is 494. The second kappa shape index (κ2) is 4.51. The molecular formula is C13H14N2O2. The van der Waals surface area contributed by atoms with Crippen LogP contribution in [0.5, 0.6) is 11.5 Å². The van der Waals surface area contributed by atoms with E-state index in [1.54, 1.807) is 0 Å². The summed E-state index contributed by atoms with van der Waals surface area (Å²) in [5.74, 6) is 1.67. The van der Waals surface area contributed by atoms with Crippen molar-refractivity contribution >= 4 is 0 Å². The molecule has 0 aliphatic carbocycles.